The van der Waals surface area contributed by atoms with Crippen LogP contribution in [0.25, 0.3) is 0 Å². The van der Waals surface area contributed by atoms with Crippen LogP contribution in [0.3, 0.4) is 0 Å². The van der Waals surface area contributed by atoms with Gasteiger partial charge in [-0.05, 0) is 11.6 Å². The predicted molar refractivity (Wildman–Crippen MR) is 68.6 cm³/mol. The first-order chi connectivity index (χ1) is 9.33. The van der Waals surface area contributed by atoms with Gasteiger partial charge in [0.25, 0.3) is 0 Å². The number of carbonyl (C=O) groups is 1. The molecule has 2 heterocycles. The fraction of sp³-hybridized carbons (Fsp3) is 0.308. The van der Waals surface area contributed by atoms with Gasteiger partial charge in [-0.1, -0.05) is 23.4 Å². The number of anilines is 1. The van der Waals surface area contributed by atoms with Crippen molar-refractivity contribution in [1.82, 2.24) is 15.5 Å². The normalized spacial score (nSPS) is 16.7. The second kappa shape index (κ2) is 5.09. The quantitative estimate of drug-likeness (QED) is 0.846. The summed E-state index contributed by atoms with van der Waals surface area (Å²) in [6.07, 6.45) is 2.63. The van der Waals surface area contributed by atoms with Gasteiger partial charge in [-0.25, -0.2) is 0 Å². The summed E-state index contributed by atoms with van der Waals surface area (Å²) in [5.74, 6) is 0.527. The first-order valence-corrected chi connectivity index (χ1v) is 6.20. The van der Waals surface area contributed by atoms with Crippen LogP contribution in [0.5, 0.6) is 0 Å². The minimum Gasteiger partial charge on any atom is -0.373 e. The van der Waals surface area contributed by atoms with Gasteiger partial charge in [0.1, 0.15) is 6.04 Å². The molecular formula is C13H14N4O2. The maximum absolute atomic E-state index is 12.0. The van der Waals surface area contributed by atoms with E-state index in [1.807, 2.05) is 24.3 Å². The van der Waals surface area contributed by atoms with E-state index < -0.39 is 0 Å². The maximum atomic E-state index is 12.0. The highest BCUT2D eigenvalue weighted by atomic mass is 16.5. The largest absolute Gasteiger partial charge is 0.373 e. The summed E-state index contributed by atoms with van der Waals surface area (Å²) >= 11 is 0. The lowest BCUT2D eigenvalue weighted by Crippen LogP contribution is -2.39. The summed E-state index contributed by atoms with van der Waals surface area (Å²) in [4.78, 5) is 15.9. The molecule has 1 aromatic heterocycles. The highest BCUT2D eigenvalue weighted by molar-refractivity contribution is 5.87. The Morgan fingerprint density at radius 2 is 2.37 bits per heavy atom. The van der Waals surface area contributed by atoms with Gasteiger partial charge in [-0.15, -0.1) is 0 Å². The van der Waals surface area contributed by atoms with E-state index in [4.69, 9.17) is 4.52 Å². The fourth-order valence-electron chi connectivity index (χ4n) is 2.18. The molecule has 1 atom stereocenters. The van der Waals surface area contributed by atoms with Crippen LogP contribution in [0.15, 0.2) is 35.1 Å². The average Bonchev–Trinajstić information content (AvgIpc) is 3.07. The van der Waals surface area contributed by atoms with Crippen molar-refractivity contribution in [3.05, 3.63) is 42.0 Å². The molecule has 0 fully saturated rings. The Morgan fingerprint density at radius 1 is 1.47 bits per heavy atom. The Bertz CT molecular complexity index is 543. The van der Waals surface area contributed by atoms with E-state index in [0.717, 1.165) is 12.1 Å². The van der Waals surface area contributed by atoms with E-state index in [0.29, 0.717) is 18.9 Å². The molecule has 1 amide bonds. The Morgan fingerprint density at radius 3 is 3.16 bits per heavy atom. The summed E-state index contributed by atoms with van der Waals surface area (Å²) < 4.78 is 4.86. The molecule has 1 aromatic carbocycles. The van der Waals surface area contributed by atoms with E-state index in [1.165, 1.54) is 11.9 Å². The summed E-state index contributed by atoms with van der Waals surface area (Å²) in [6, 6.07) is 7.77. The summed E-state index contributed by atoms with van der Waals surface area (Å²) in [5, 5.41) is 9.60. The average molecular weight is 258 g/mol. The number of carbonyl (C=O) groups excluding carboxylic acids is 1. The van der Waals surface area contributed by atoms with Crippen molar-refractivity contribution in [3.63, 3.8) is 0 Å². The first-order valence-electron chi connectivity index (χ1n) is 6.20. The number of amides is 1. The van der Waals surface area contributed by atoms with Crippen molar-refractivity contribution in [1.29, 1.82) is 0 Å². The van der Waals surface area contributed by atoms with Gasteiger partial charge < -0.3 is 15.2 Å². The zero-order chi connectivity index (χ0) is 13.1. The van der Waals surface area contributed by atoms with Crippen molar-refractivity contribution in [2.75, 3.05) is 11.9 Å². The van der Waals surface area contributed by atoms with Crippen molar-refractivity contribution >= 4 is 11.6 Å². The number of nitrogens with zero attached hydrogens (tertiary/aromatic N) is 2. The third-order valence-corrected chi connectivity index (χ3v) is 3.13. The van der Waals surface area contributed by atoms with Crippen LogP contribution < -0.4 is 10.6 Å². The summed E-state index contributed by atoms with van der Waals surface area (Å²) in [6.45, 7) is 0.496. The van der Waals surface area contributed by atoms with Crippen molar-refractivity contribution in [2.24, 2.45) is 0 Å². The van der Waals surface area contributed by atoms with E-state index in [-0.39, 0.29) is 11.9 Å². The number of fused-ring (bicyclic) bond motifs is 1. The molecule has 0 spiro atoms. The van der Waals surface area contributed by atoms with Crippen LogP contribution in [-0.2, 0) is 17.6 Å². The van der Waals surface area contributed by atoms with Gasteiger partial charge >= 0.3 is 0 Å². The van der Waals surface area contributed by atoms with Gasteiger partial charge in [0.05, 0.1) is 0 Å². The zero-order valence-corrected chi connectivity index (χ0v) is 10.3. The standard InChI is InChI=1S/C13H14N4O2/c18-13(14-6-5-12-15-8-16-19-12)11-7-9-3-1-2-4-10(9)17-11/h1-4,8,11,17H,5-7H2,(H,14,18). The van der Waals surface area contributed by atoms with Crippen molar-refractivity contribution < 1.29 is 9.32 Å². The molecule has 6 heteroatoms. The van der Waals surface area contributed by atoms with Crippen LogP contribution in [0.4, 0.5) is 5.69 Å². The lowest BCUT2D eigenvalue weighted by Gasteiger charge is -2.11. The van der Waals surface area contributed by atoms with E-state index in [1.54, 1.807) is 0 Å². The van der Waals surface area contributed by atoms with Gasteiger partial charge in [-0.2, -0.15) is 4.98 Å². The van der Waals surface area contributed by atoms with Gasteiger partial charge in [0, 0.05) is 25.1 Å². The molecule has 1 unspecified atom stereocenters. The second-order valence-corrected chi connectivity index (χ2v) is 4.43. The van der Waals surface area contributed by atoms with Crippen LogP contribution in [0.1, 0.15) is 11.5 Å². The maximum Gasteiger partial charge on any atom is 0.242 e. The molecule has 19 heavy (non-hydrogen) atoms. The van der Waals surface area contributed by atoms with Crippen LogP contribution in [-0.4, -0.2) is 28.6 Å². The summed E-state index contributed by atoms with van der Waals surface area (Å²) in [5.41, 5.74) is 2.22. The molecule has 0 bridgehead atoms. The Hall–Kier alpha value is -2.37. The highest BCUT2D eigenvalue weighted by Gasteiger charge is 2.25. The number of benzene rings is 1. The molecule has 1 aliphatic heterocycles. The Kier molecular flexibility index (Phi) is 3.14. The molecule has 2 N–H and O–H groups in total. The number of nitrogens with one attached hydrogen (secondary N) is 2. The number of hydrogen-bond acceptors (Lipinski definition) is 5. The highest BCUT2D eigenvalue weighted by Crippen LogP contribution is 2.24. The number of rotatable bonds is 4. The third-order valence-electron chi connectivity index (χ3n) is 3.13. The molecule has 0 aliphatic carbocycles. The van der Waals surface area contributed by atoms with Crippen molar-refractivity contribution in [3.8, 4) is 0 Å². The molecule has 0 saturated heterocycles. The van der Waals surface area contributed by atoms with Crippen LogP contribution in [0.2, 0.25) is 0 Å². The molecule has 0 saturated carbocycles. The smallest absolute Gasteiger partial charge is 0.242 e. The van der Waals surface area contributed by atoms with Gasteiger partial charge in [0.15, 0.2) is 6.33 Å². The Balaban J connectivity index is 1.50. The monoisotopic (exact) mass is 258 g/mol. The predicted octanol–water partition coefficient (Wildman–Crippen LogP) is 0.765. The minimum absolute atomic E-state index is 0.00397. The van der Waals surface area contributed by atoms with Crippen molar-refractivity contribution in [2.45, 2.75) is 18.9 Å². The lowest BCUT2D eigenvalue weighted by molar-refractivity contribution is -0.121. The molecule has 3 rings (SSSR count). The summed E-state index contributed by atoms with van der Waals surface area (Å²) in [7, 11) is 0. The third kappa shape index (κ3) is 2.57. The number of aromatic nitrogens is 2. The molecule has 6 nitrogen and oxygen atoms in total. The van der Waals surface area contributed by atoms with E-state index in [9.17, 15) is 4.79 Å². The topological polar surface area (TPSA) is 80.1 Å². The van der Waals surface area contributed by atoms with E-state index in [2.05, 4.69) is 20.8 Å². The fourth-order valence-corrected chi connectivity index (χ4v) is 2.18. The van der Waals surface area contributed by atoms with E-state index >= 15 is 0 Å². The molecule has 1 aliphatic rings. The molecule has 2 aromatic rings. The second-order valence-electron chi connectivity index (χ2n) is 4.43. The Labute approximate surface area is 110 Å². The first kappa shape index (κ1) is 11.7. The molecular weight excluding hydrogens is 244 g/mol. The van der Waals surface area contributed by atoms with Crippen LogP contribution >= 0.6 is 0 Å². The van der Waals surface area contributed by atoms with Gasteiger partial charge in [0.2, 0.25) is 11.8 Å². The molecule has 98 valence electrons. The number of hydrogen-bond donors (Lipinski definition) is 2. The zero-order valence-electron chi connectivity index (χ0n) is 10.3. The number of para-hydroxylation sites is 1. The minimum atomic E-state index is -0.194. The SMILES string of the molecule is O=C(NCCc1ncno1)C1Cc2ccccc2N1. The van der Waals surface area contributed by atoms with Gasteiger partial charge in [-0.3, -0.25) is 4.79 Å². The van der Waals surface area contributed by atoms with Crippen LogP contribution in [0, 0.1) is 0 Å². The lowest BCUT2D eigenvalue weighted by atomic mass is 10.1. The molecule has 0 radical (unpaired) electrons.